The number of ether oxygens (including phenoxy) is 1. The van der Waals surface area contributed by atoms with Gasteiger partial charge in [0, 0.05) is 12.6 Å². The lowest BCUT2D eigenvalue weighted by Gasteiger charge is -2.33. The van der Waals surface area contributed by atoms with Gasteiger partial charge in [0.15, 0.2) is 0 Å². The second-order valence-electron chi connectivity index (χ2n) is 9.85. The highest BCUT2D eigenvalue weighted by atomic mass is 32.2. The van der Waals surface area contributed by atoms with Crippen LogP contribution in [0.15, 0.2) is 83.8 Å². The van der Waals surface area contributed by atoms with E-state index in [9.17, 15) is 18.0 Å². The van der Waals surface area contributed by atoms with Crippen LogP contribution in [-0.2, 0) is 26.2 Å². The molecule has 0 aliphatic rings. The molecule has 0 heterocycles. The smallest absolute Gasteiger partial charge is 0.264 e. The van der Waals surface area contributed by atoms with Crippen molar-refractivity contribution in [2.24, 2.45) is 0 Å². The van der Waals surface area contributed by atoms with Crippen LogP contribution < -0.4 is 14.4 Å². The number of nitrogens with zero attached hydrogens (tertiary/aromatic N) is 2. The third-order valence-corrected chi connectivity index (χ3v) is 8.12. The van der Waals surface area contributed by atoms with Gasteiger partial charge < -0.3 is 15.0 Å². The largest absolute Gasteiger partial charge is 0.494 e. The molecule has 0 spiro atoms. The van der Waals surface area contributed by atoms with Gasteiger partial charge in [0.25, 0.3) is 10.0 Å². The van der Waals surface area contributed by atoms with Crippen molar-refractivity contribution in [1.29, 1.82) is 0 Å². The topological polar surface area (TPSA) is 96.0 Å². The van der Waals surface area contributed by atoms with E-state index in [1.807, 2.05) is 65.0 Å². The van der Waals surface area contributed by atoms with Gasteiger partial charge in [0.1, 0.15) is 18.3 Å². The summed E-state index contributed by atoms with van der Waals surface area (Å²) < 4.78 is 34.5. The first-order valence-corrected chi connectivity index (χ1v) is 15.0. The summed E-state index contributed by atoms with van der Waals surface area (Å²) in [6, 6.07) is 21.5. The van der Waals surface area contributed by atoms with Gasteiger partial charge in [-0.25, -0.2) is 8.42 Å². The molecule has 2 amide bonds. The molecular weight excluding hydrogens is 526 g/mol. The third-order valence-electron chi connectivity index (χ3n) is 6.34. The minimum absolute atomic E-state index is 0.0685. The zero-order chi connectivity index (χ0) is 29.3. The lowest BCUT2D eigenvalue weighted by molar-refractivity contribution is -0.140. The van der Waals surface area contributed by atoms with Crippen molar-refractivity contribution in [1.82, 2.24) is 10.2 Å². The van der Waals surface area contributed by atoms with Gasteiger partial charge in [-0.1, -0.05) is 55.0 Å². The second-order valence-corrected chi connectivity index (χ2v) is 11.7. The molecule has 0 unspecified atom stereocenters. The summed E-state index contributed by atoms with van der Waals surface area (Å²) in [4.78, 5) is 28.8. The quantitative estimate of drug-likeness (QED) is 0.317. The predicted molar refractivity (Wildman–Crippen MR) is 158 cm³/mol. The molecule has 3 rings (SSSR count). The summed E-state index contributed by atoms with van der Waals surface area (Å²) in [5.74, 6) is -0.178. The summed E-state index contributed by atoms with van der Waals surface area (Å²) in [6.07, 6.45) is 0.366. The Morgan fingerprint density at radius 3 is 2.08 bits per heavy atom. The minimum Gasteiger partial charge on any atom is -0.494 e. The third kappa shape index (κ3) is 7.85. The van der Waals surface area contributed by atoms with Gasteiger partial charge in [-0.2, -0.15) is 0 Å². The highest BCUT2D eigenvalue weighted by Gasteiger charge is 2.33. The number of hydrogen-bond acceptors (Lipinski definition) is 5. The molecule has 3 aromatic rings. The van der Waals surface area contributed by atoms with Gasteiger partial charge in [0.2, 0.25) is 11.8 Å². The average molecular weight is 566 g/mol. The molecule has 0 aromatic heterocycles. The fourth-order valence-electron chi connectivity index (χ4n) is 4.32. The molecular formula is C31H39N3O5S. The lowest BCUT2D eigenvalue weighted by atomic mass is 10.1. The number of amides is 2. The maximum Gasteiger partial charge on any atom is 0.264 e. The highest BCUT2D eigenvalue weighted by molar-refractivity contribution is 7.92. The lowest BCUT2D eigenvalue weighted by Crippen LogP contribution is -2.53. The molecule has 0 saturated heterocycles. The van der Waals surface area contributed by atoms with Crippen molar-refractivity contribution in [3.05, 3.63) is 90.0 Å². The number of aryl methyl sites for hydroxylation is 1. The summed E-state index contributed by atoms with van der Waals surface area (Å²) in [6.45, 7) is 9.43. The molecule has 3 aromatic carbocycles. The zero-order valence-electron chi connectivity index (χ0n) is 23.8. The Labute approximate surface area is 238 Å². The van der Waals surface area contributed by atoms with Crippen LogP contribution in [-0.4, -0.2) is 50.4 Å². The molecule has 9 heteroatoms. The molecule has 40 heavy (non-hydrogen) atoms. The number of benzene rings is 3. The Morgan fingerprint density at radius 2 is 1.52 bits per heavy atom. The molecule has 1 N–H and O–H groups in total. The maximum absolute atomic E-state index is 14.0. The van der Waals surface area contributed by atoms with Crippen LogP contribution in [0.3, 0.4) is 0 Å². The Morgan fingerprint density at radius 1 is 0.900 bits per heavy atom. The van der Waals surface area contributed by atoms with Crippen LogP contribution in [0, 0.1) is 6.92 Å². The van der Waals surface area contributed by atoms with E-state index in [1.54, 1.807) is 36.4 Å². The second kappa shape index (κ2) is 14.0. The number of carbonyl (C=O) groups excluding carboxylic acids is 2. The van der Waals surface area contributed by atoms with E-state index in [0.717, 1.165) is 15.4 Å². The monoisotopic (exact) mass is 565 g/mol. The maximum atomic E-state index is 14.0. The van der Waals surface area contributed by atoms with Crippen molar-refractivity contribution < 1.29 is 22.7 Å². The number of anilines is 1. The van der Waals surface area contributed by atoms with Crippen LogP contribution >= 0.6 is 0 Å². The summed E-state index contributed by atoms with van der Waals surface area (Å²) >= 11 is 0. The minimum atomic E-state index is -4.12. The molecule has 0 fully saturated rings. The van der Waals surface area contributed by atoms with Crippen molar-refractivity contribution in [3.8, 4) is 5.75 Å². The van der Waals surface area contributed by atoms with Gasteiger partial charge in [-0.3, -0.25) is 13.9 Å². The van der Waals surface area contributed by atoms with Crippen LogP contribution in [0.2, 0.25) is 0 Å². The van der Waals surface area contributed by atoms with Crippen molar-refractivity contribution in [2.45, 2.75) is 64.6 Å². The van der Waals surface area contributed by atoms with Crippen LogP contribution in [0.1, 0.15) is 45.2 Å². The van der Waals surface area contributed by atoms with E-state index >= 15 is 0 Å². The highest BCUT2D eigenvalue weighted by Crippen LogP contribution is 2.27. The molecule has 1 atom stereocenters. The number of rotatable bonds is 13. The molecule has 0 radical (unpaired) electrons. The van der Waals surface area contributed by atoms with Gasteiger partial charge in [-0.15, -0.1) is 0 Å². The van der Waals surface area contributed by atoms with Crippen molar-refractivity contribution >= 4 is 27.5 Å². The van der Waals surface area contributed by atoms with Crippen LogP contribution in [0.5, 0.6) is 5.75 Å². The average Bonchev–Trinajstić information content (AvgIpc) is 2.92. The molecule has 214 valence electrons. The normalized spacial score (nSPS) is 12.1. The summed E-state index contributed by atoms with van der Waals surface area (Å²) in [7, 11) is -4.12. The Kier molecular flexibility index (Phi) is 10.7. The number of nitrogens with one attached hydrogen (secondary N) is 1. The fourth-order valence-corrected chi connectivity index (χ4v) is 5.74. The van der Waals surface area contributed by atoms with Gasteiger partial charge >= 0.3 is 0 Å². The van der Waals surface area contributed by atoms with Gasteiger partial charge in [0.05, 0.1) is 17.2 Å². The molecule has 0 bridgehead atoms. The zero-order valence-corrected chi connectivity index (χ0v) is 24.6. The van der Waals surface area contributed by atoms with E-state index in [4.69, 9.17) is 4.74 Å². The fraction of sp³-hybridized carbons (Fsp3) is 0.355. The van der Waals surface area contributed by atoms with E-state index in [-0.39, 0.29) is 23.4 Å². The van der Waals surface area contributed by atoms with Gasteiger partial charge in [-0.05, 0) is 76.1 Å². The molecule has 8 nitrogen and oxygen atoms in total. The first kappa shape index (κ1) is 30.7. The first-order chi connectivity index (χ1) is 19.1. The number of sulfonamides is 1. The van der Waals surface area contributed by atoms with Crippen molar-refractivity contribution in [3.63, 3.8) is 0 Å². The standard InChI is InChI=1S/C31H39N3O5S/c1-6-29(31(36)32-23(3)4)33(21-25-11-9-8-10-12-25)30(35)22-34(26-15-17-27(18-16-26)39-7-2)40(37,38)28-19-13-24(5)14-20-28/h8-20,23,29H,6-7,21-22H2,1-5H3,(H,32,36)/t29-/m0/s1. The Balaban J connectivity index is 2.05. The summed E-state index contributed by atoms with van der Waals surface area (Å²) in [5.41, 5.74) is 2.07. The molecule has 0 saturated carbocycles. The Bertz CT molecular complexity index is 1360. The van der Waals surface area contributed by atoms with E-state index in [2.05, 4.69) is 5.32 Å². The summed E-state index contributed by atoms with van der Waals surface area (Å²) in [5, 5.41) is 2.90. The van der Waals surface area contributed by atoms with E-state index in [0.29, 0.717) is 24.5 Å². The predicted octanol–water partition coefficient (Wildman–Crippen LogP) is 4.92. The Hall–Kier alpha value is -3.85. The first-order valence-electron chi connectivity index (χ1n) is 13.5. The molecule has 0 aliphatic heterocycles. The van der Waals surface area contributed by atoms with E-state index < -0.39 is 28.5 Å². The van der Waals surface area contributed by atoms with Crippen LogP contribution in [0.25, 0.3) is 0 Å². The number of hydrogen-bond donors (Lipinski definition) is 1. The number of carbonyl (C=O) groups is 2. The van der Waals surface area contributed by atoms with E-state index in [1.165, 1.54) is 17.0 Å². The SMILES string of the molecule is CCOc1ccc(N(CC(=O)N(Cc2ccccc2)[C@@H](CC)C(=O)NC(C)C)S(=O)(=O)c2ccc(C)cc2)cc1. The molecule has 0 aliphatic carbocycles. The van der Waals surface area contributed by atoms with Crippen LogP contribution in [0.4, 0.5) is 5.69 Å². The van der Waals surface area contributed by atoms with Crippen molar-refractivity contribution in [2.75, 3.05) is 17.5 Å².